The van der Waals surface area contributed by atoms with Gasteiger partial charge in [-0.05, 0) is 161 Å². The molecule has 0 saturated heterocycles. The fraction of sp³-hybridized carbons (Fsp3) is 0.200. The number of benzene rings is 11. The van der Waals surface area contributed by atoms with Crippen molar-refractivity contribution in [2.24, 2.45) is 0 Å². The third-order valence-corrected chi connectivity index (χ3v) is 21.0. The van der Waals surface area contributed by atoms with Crippen LogP contribution in [0.5, 0.6) is 0 Å². The van der Waals surface area contributed by atoms with Crippen LogP contribution >= 0.6 is 0 Å². The highest BCUT2D eigenvalue weighted by Gasteiger charge is 2.38. The number of aromatic nitrogens is 2. The van der Waals surface area contributed by atoms with E-state index < -0.39 is 0 Å². The summed E-state index contributed by atoms with van der Waals surface area (Å²) in [5.74, 6) is 0.147. The topological polar surface area (TPSA) is 8.82 Å². The van der Waals surface area contributed by atoms with Crippen molar-refractivity contribution in [2.45, 2.75) is 110 Å². The summed E-state index contributed by atoms with van der Waals surface area (Å²) in [5, 5.41) is 10.6. The summed E-state index contributed by atoms with van der Waals surface area (Å²) in [6, 6.07) is 84.6. The van der Waals surface area contributed by atoms with Crippen molar-refractivity contribution < 1.29 is 0 Å². The number of nitrogens with zero attached hydrogens (tertiary/aromatic N) is 2. The predicted octanol–water partition coefficient (Wildman–Crippen LogP) is 22.4. The van der Waals surface area contributed by atoms with E-state index in [1.165, 1.54) is 171 Å². The Balaban J connectivity index is 0.875. The summed E-state index contributed by atoms with van der Waals surface area (Å²) in [6.45, 7) is 23.7. The van der Waals surface area contributed by atoms with Gasteiger partial charge in [-0.3, -0.25) is 0 Å². The van der Waals surface area contributed by atoms with Crippen LogP contribution in [-0.2, 0) is 34.5 Å². The first-order chi connectivity index (χ1) is 41.9. The Labute approximate surface area is 510 Å². The molecule has 0 fully saturated rings. The Bertz CT molecular complexity index is 5390. The normalized spacial score (nSPS) is 15.1. The van der Waals surface area contributed by atoms with Crippen molar-refractivity contribution >= 4 is 87.8 Å². The zero-order valence-corrected chi connectivity index (χ0v) is 51.7. The van der Waals surface area contributed by atoms with E-state index in [0.29, 0.717) is 0 Å². The minimum Gasteiger partial charge on any atom is -0.308 e. The van der Waals surface area contributed by atoms with Gasteiger partial charge in [-0.2, -0.15) is 0 Å². The van der Waals surface area contributed by atoms with Crippen LogP contribution in [0.4, 0.5) is 0 Å². The molecule has 2 nitrogen and oxygen atoms in total. The molecule has 0 aliphatic heterocycles. The quantitative estimate of drug-likeness (QED) is 0.134. The first-order valence-corrected chi connectivity index (χ1v) is 31.6. The van der Waals surface area contributed by atoms with Crippen molar-refractivity contribution in [3.05, 3.63) is 285 Å². The number of rotatable bonds is 8. The highest BCUT2D eigenvalue weighted by atomic mass is 14.9. The lowest BCUT2D eigenvalue weighted by atomic mass is 9.79. The summed E-state index contributed by atoms with van der Waals surface area (Å²) >= 11 is 0. The molecule has 2 aliphatic carbocycles. The SMILES string of the molecule is CC(C)(C)c1ccc2c(c1)c1c(C/C(=C/c3ccccc3)c3ccc4c(c3)C(C)(C)c3ccccc3-4)ccc3c4cc5c(cc4n2c31)c1ccc(CC(c2ccccc2)c2ccc3c(c2)C(C)(C)c2ccccc2-3)c2c3cc(C(C)(C)C)ccc3n5c12. The second-order valence-electron chi connectivity index (χ2n) is 28.8. The molecule has 4 heterocycles. The molecule has 1 atom stereocenters. The molecule has 17 rings (SSSR count). The zero-order valence-electron chi connectivity index (χ0n) is 51.7. The molecule has 11 aromatic carbocycles. The Kier molecular flexibility index (Phi) is 10.9. The third-order valence-electron chi connectivity index (χ3n) is 21.0. The van der Waals surface area contributed by atoms with Gasteiger partial charge in [0, 0.05) is 59.8 Å². The Morgan fingerprint density at radius 2 is 0.874 bits per heavy atom. The first-order valence-electron chi connectivity index (χ1n) is 31.6. The number of hydrogen-bond donors (Lipinski definition) is 0. The monoisotopic (exact) mass is 1120 g/mol. The molecule has 0 amide bonds. The van der Waals surface area contributed by atoms with Gasteiger partial charge >= 0.3 is 0 Å². The number of hydrogen-bond acceptors (Lipinski definition) is 0. The van der Waals surface area contributed by atoms with Crippen LogP contribution in [-0.4, -0.2) is 8.80 Å². The van der Waals surface area contributed by atoms with Crippen molar-refractivity contribution in [3.8, 4) is 22.3 Å². The van der Waals surface area contributed by atoms with Gasteiger partial charge in [0.15, 0.2) is 0 Å². The van der Waals surface area contributed by atoms with Crippen LogP contribution in [0.25, 0.3) is 110 Å². The highest BCUT2D eigenvalue weighted by Crippen LogP contribution is 2.53. The molecule has 0 bridgehead atoms. The van der Waals surface area contributed by atoms with Crippen LogP contribution < -0.4 is 0 Å². The van der Waals surface area contributed by atoms with Crippen molar-refractivity contribution in [2.75, 3.05) is 0 Å². The molecule has 87 heavy (non-hydrogen) atoms. The number of fused-ring (bicyclic) bond motifs is 18. The van der Waals surface area contributed by atoms with E-state index in [4.69, 9.17) is 0 Å². The van der Waals surface area contributed by atoms with Gasteiger partial charge in [0.1, 0.15) is 0 Å². The van der Waals surface area contributed by atoms with Gasteiger partial charge in [0.25, 0.3) is 0 Å². The van der Waals surface area contributed by atoms with E-state index in [2.05, 4.69) is 303 Å². The molecule has 4 aromatic heterocycles. The summed E-state index contributed by atoms with van der Waals surface area (Å²) in [4.78, 5) is 0. The molecule has 0 N–H and O–H groups in total. The molecule has 0 saturated carbocycles. The van der Waals surface area contributed by atoms with Crippen LogP contribution in [0.2, 0.25) is 0 Å². The first kappa shape index (κ1) is 52.1. The second-order valence-corrected chi connectivity index (χ2v) is 28.8. The second kappa shape index (κ2) is 18.2. The summed E-state index contributed by atoms with van der Waals surface area (Å²) in [7, 11) is 0. The predicted molar refractivity (Wildman–Crippen MR) is 371 cm³/mol. The van der Waals surface area contributed by atoms with Gasteiger partial charge < -0.3 is 8.80 Å². The molecule has 422 valence electrons. The molecule has 0 radical (unpaired) electrons. The van der Waals surface area contributed by atoms with Crippen LogP contribution in [0.3, 0.4) is 0 Å². The van der Waals surface area contributed by atoms with Crippen molar-refractivity contribution in [3.63, 3.8) is 0 Å². The van der Waals surface area contributed by atoms with E-state index in [-0.39, 0.29) is 27.6 Å². The van der Waals surface area contributed by atoms with Gasteiger partial charge in [0.2, 0.25) is 0 Å². The zero-order chi connectivity index (χ0) is 59.2. The average molecular weight is 1120 g/mol. The molecule has 1 unspecified atom stereocenters. The molecular formula is C85H72N2. The van der Waals surface area contributed by atoms with Gasteiger partial charge in [0.05, 0.1) is 33.1 Å². The Morgan fingerprint density at radius 3 is 1.44 bits per heavy atom. The largest absolute Gasteiger partial charge is 0.308 e. The lowest BCUT2D eigenvalue weighted by Crippen LogP contribution is -2.16. The fourth-order valence-electron chi connectivity index (χ4n) is 16.4. The lowest BCUT2D eigenvalue weighted by Gasteiger charge is -2.24. The van der Waals surface area contributed by atoms with Gasteiger partial charge in [-0.25, -0.2) is 0 Å². The summed E-state index contributed by atoms with van der Waals surface area (Å²) in [5.41, 5.74) is 30.5. The standard InChI is InChI=1S/C85H72N2/c1-82(2,3)57-33-39-74-68(46-57)78-54(42-56(41-50-21-13-11-14-22-50)52-29-35-61-59-25-17-19-27-70(59)84(7,8)72(61)44-52)31-37-63-66-48-77-67(49-76(66)86(74)80(63)78)64-38-32-55(79-69-47-58(83(4,5)6)34-40-75(69)87(77)81(64)79)43-65(51-23-15-12-16-24-51)53-30-36-62-60-26-18-20-28-71(60)85(9,10)73(62)45-53/h11-41,44-49,65H,42-43H2,1-10H3/b56-41-. The lowest BCUT2D eigenvalue weighted by molar-refractivity contribution is 0.591. The summed E-state index contributed by atoms with van der Waals surface area (Å²) < 4.78 is 5.28. The molecule has 2 heteroatoms. The molecular weight excluding hydrogens is 1050 g/mol. The van der Waals surface area contributed by atoms with Crippen LogP contribution in [0.15, 0.2) is 218 Å². The maximum Gasteiger partial charge on any atom is 0.0623 e. The smallest absolute Gasteiger partial charge is 0.0623 e. The average Bonchev–Trinajstić information content (AvgIpc) is 1.53. The minimum absolute atomic E-state index is 0.0191. The Morgan fingerprint density at radius 1 is 0.391 bits per heavy atom. The maximum atomic E-state index is 2.64. The Hall–Kier alpha value is -9.24. The third kappa shape index (κ3) is 7.53. The number of allylic oxidation sites excluding steroid dienone is 1. The van der Waals surface area contributed by atoms with Crippen LogP contribution in [0.1, 0.15) is 142 Å². The van der Waals surface area contributed by atoms with E-state index in [1.807, 2.05) is 0 Å². The minimum atomic E-state index is -0.104. The summed E-state index contributed by atoms with van der Waals surface area (Å²) in [6.07, 6.45) is 4.10. The van der Waals surface area contributed by atoms with Gasteiger partial charge in [-0.15, -0.1) is 0 Å². The van der Waals surface area contributed by atoms with Crippen molar-refractivity contribution in [1.29, 1.82) is 0 Å². The fourth-order valence-corrected chi connectivity index (χ4v) is 16.4. The van der Waals surface area contributed by atoms with E-state index >= 15 is 0 Å². The van der Waals surface area contributed by atoms with E-state index in [0.717, 1.165) is 12.8 Å². The van der Waals surface area contributed by atoms with Gasteiger partial charge in [-0.1, -0.05) is 251 Å². The van der Waals surface area contributed by atoms with E-state index in [1.54, 1.807) is 0 Å². The molecule has 2 aliphatic rings. The van der Waals surface area contributed by atoms with Crippen molar-refractivity contribution in [1.82, 2.24) is 8.80 Å². The van der Waals surface area contributed by atoms with Crippen LogP contribution in [0, 0.1) is 0 Å². The highest BCUT2D eigenvalue weighted by molar-refractivity contribution is 6.30. The van der Waals surface area contributed by atoms with E-state index in [9.17, 15) is 0 Å². The molecule has 15 aromatic rings. The maximum absolute atomic E-state index is 2.64. The molecule has 0 spiro atoms.